The summed E-state index contributed by atoms with van der Waals surface area (Å²) in [4.78, 5) is 12.9. The molecule has 1 rings (SSSR count). The van der Waals surface area contributed by atoms with Gasteiger partial charge in [-0.2, -0.15) is 13.2 Å². The molecule has 1 aromatic carbocycles. The second-order valence-corrected chi connectivity index (χ2v) is 3.58. The molecule has 0 aliphatic carbocycles. The Labute approximate surface area is 108 Å². The van der Waals surface area contributed by atoms with E-state index in [2.05, 4.69) is 4.99 Å². The van der Waals surface area contributed by atoms with Crippen LogP contribution in [0.25, 0.3) is 0 Å². The zero-order chi connectivity index (χ0) is 14.8. The van der Waals surface area contributed by atoms with Crippen molar-refractivity contribution in [1.82, 2.24) is 0 Å². The molecule has 0 aromatic heterocycles. The number of rotatable bonds is 3. The highest BCUT2D eigenvalue weighted by molar-refractivity contribution is 6.28. The van der Waals surface area contributed by atoms with E-state index in [9.17, 15) is 27.7 Å². The van der Waals surface area contributed by atoms with Crippen LogP contribution >= 0.6 is 11.6 Å². The summed E-state index contributed by atoms with van der Waals surface area (Å²) in [6, 6.07) is 0.357. The summed E-state index contributed by atoms with van der Waals surface area (Å²) in [7, 11) is 0. The van der Waals surface area contributed by atoms with Gasteiger partial charge in [-0.3, -0.25) is 10.1 Å². The number of nitro benzene ring substituents is 1. The molecule has 0 atom stereocenters. The van der Waals surface area contributed by atoms with E-state index < -0.39 is 33.9 Å². The van der Waals surface area contributed by atoms with Gasteiger partial charge in [-0.25, -0.2) is 9.38 Å². The first-order valence-electron chi connectivity index (χ1n) is 4.61. The van der Waals surface area contributed by atoms with Crippen LogP contribution in [0.1, 0.15) is 5.56 Å². The number of hydrogen-bond acceptors (Lipinski definition) is 3. The summed E-state index contributed by atoms with van der Waals surface area (Å²) in [6.45, 7) is 0. The van der Waals surface area contributed by atoms with E-state index in [1.807, 2.05) is 0 Å². The van der Waals surface area contributed by atoms with Gasteiger partial charge in [-0.15, -0.1) is 11.6 Å². The number of alkyl halides is 4. The van der Waals surface area contributed by atoms with E-state index in [1.54, 1.807) is 0 Å². The van der Waals surface area contributed by atoms with Crippen LogP contribution < -0.4 is 5.73 Å². The molecule has 0 saturated heterocycles. The highest BCUT2D eigenvalue weighted by atomic mass is 35.5. The molecular weight excluding hydrogens is 294 g/mol. The maximum absolute atomic E-state index is 13.2. The van der Waals surface area contributed by atoms with Crippen LogP contribution in [0.4, 0.5) is 28.9 Å². The van der Waals surface area contributed by atoms with Crippen molar-refractivity contribution in [2.75, 3.05) is 5.88 Å². The van der Waals surface area contributed by atoms with Crippen molar-refractivity contribution in [2.24, 2.45) is 10.7 Å². The van der Waals surface area contributed by atoms with Crippen molar-refractivity contribution in [1.29, 1.82) is 0 Å². The summed E-state index contributed by atoms with van der Waals surface area (Å²) < 4.78 is 50.6. The van der Waals surface area contributed by atoms with Crippen molar-refractivity contribution < 1.29 is 22.5 Å². The Balaban J connectivity index is 3.53. The summed E-state index contributed by atoms with van der Waals surface area (Å²) in [5.74, 6) is -2.43. The molecule has 0 spiro atoms. The average Bonchev–Trinajstić information content (AvgIpc) is 2.28. The molecule has 19 heavy (non-hydrogen) atoms. The summed E-state index contributed by atoms with van der Waals surface area (Å²) in [5.41, 5.74) is 1.88. The van der Waals surface area contributed by atoms with Gasteiger partial charge in [-0.05, 0) is 6.07 Å². The molecule has 0 heterocycles. The number of halogens is 5. The number of nitrogens with zero attached hydrogens (tertiary/aromatic N) is 2. The summed E-state index contributed by atoms with van der Waals surface area (Å²) in [6.07, 6.45) is -5.00. The van der Waals surface area contributed by atoms with Crippen LogP contribution in [0.5, 0.6) is 0 Å². The maximum Gasteiger partial charge on any atom is 0.419 e. The van der Waals surface area contributed by atoms with E-state index in [4.69, 9.17) is 17.3 Å². The fraction of sp³-hybridized carbons (Fsp3) is 0.222. The van der Waals surface area contributed by atoms with Crippen molar-refractivity contribution in [2.45, 2.75) is 6.18 Å². The van der Waals surface area contributed by atoms with Crippen molar-refractivity contribution in [3.63, 3.8) is 0 Å². The number of aliphatic imine (C=N–C) groups is 1. The summed E-state index contributed by atoms with van der Waals surface area (Å²) in [5, 5.41) is 10.6. The van der Waals surface area contributed by atoms with Gasteiger partial charge in [-0.1, -0.05) is 0 Å². The van der Waals surface area contributed by atoms with E-state index in [1.165, 1.54) is 0 Å². The fourth-order valence-electron chi connectivity index (χ4n) is 1.19. The Morgan fingerprint density at radius 1 is 1.47 bits per heavy atom. The molecule has 0 aliphatic rings. The lowest BCUT2D eigenvalue weighted by Crippen LogP contribution is -2.13. The first-order chi connectivity index (χ1) is 8.66. The van der Waals surface area contributed by atoms with Gasteiger partial charge in [0.2, 0.25) is 0 Å². The quantitative estimate of drug-likeness (QED) is 0.233. The second kappa shape index (κ2) is 5.39. The zero-order valence-electron chi connectivity index (χ0n) is 9.04. The SMILES string of the molecule is NC(CCl)=Nc1cc(C(F)(F)F)c(F)cc1[N+](=O)[O-]. The number of nitro groups is 1. The largest absolute Gasteiger partial charge is 0.419 e. The molecule has 104 valence electrons. The monoisotopic (exact) mass is 299 g/mol. The van der Waals surface area contributed by atoms with Crippen LogP contribution in [0, 0.1) is 15.9 Å². The van der Waals surface area contributed by atoms with Crippen molar-refractivity contribution >= 4 is 28.8 Å². The van der Waals surface area contributed by atoms with Crippen molar-refractivity contribution in [3.05, 3.63) is 33.6 Å². The lowest BCUT2D eigenvalue weighted by molar-refractivity contribution is -0.384. The van der Waals surface area contributed by atoms with Gasteiger partial charge in [0.15, 0.2) is 0 Å². The number of hydrogen-bond donors (Lipinski definition) is 1. The predicted octanol–water partition coefficient (Wildman–Crippen LogP) is 2.98. The van der Waals surface area contributed by atoms with E-state index in [-0.39, 0.29) is 23.8 Å². The highest BCUT2D eigenvalue weighted by Crippen LogP contribution is 2.38. The molecule has 2 N–H and O–H groups in total. The maximum atomic E-state index is 13.2. The summed E-state index contributed by atoms with van der Waals surface area (Å²) >= 11 is 5.27. The third-order valence-electron chi connectivity index (χ3n) is 1.97. The topological polar surface area (TPSA) is 81.5 Å². The van der Waals surface area contributed by atoms with Gasteiger partial charge < -0.3 is 5.73 Å². The Morgan fingerprint density at radius 2 is 2.05 bits per heavy atom. The Morgan fingerprint density at radius 3 is 2.47 bits per heavy atom. The first-order valence-corrected chi connectivity index (χ1v) is 5.14. The van der Waals surface area contributed by atoms with Gasteiger partial charge in [0.05, 0.1) is 22.4 Å². The predicted molar refractivity (Wildman–Crippen MR) is 60.1 cm³/mol. The molecule has 1 aromatic rings. The van der Waals surface area contributed by atoms with Gasteiger partial charge in [0, 0.05) is 0 Å². The number of benzene rings is 1. The van der Waals surface area contributed by atoms with E-state index in [0.29, 0.717) is 0 Å². The molecule has 0 aliphatic heterocycles. The zero-order valence-corrected chi connectivity index (χ0v) is 9.80. The molecule has 0 bridgehead atoms. The third-order valence-corrected chi connectivity index (χ3v) is 2.24. The minimum atomic E-state index is -5.00. The average molecular weight is 300 g/mol. The molecule has 0 radical (unpaired) electrons. The fourth-order valence-corrected chi connectivity index (χ4v) is 1.25. The minimum Gasteiger partial charge on any atom is -0.386 e. The Bertz CT molecular complexity index is 545. The normalized spacial score (nSPS) is 12.6. The molecule has 0 fully saturated rings. The van der Waals surface area contributed by atoms with Crippen molar-refractivity contribution in [3.8, 4) is 0 Å². The smallest absolute Gasteiger partial charge is 0.386 e. The lowest BCUT2D eigenvalue weighted by atomic mass is 10.1. The van der Waals surface area contributed by atoms with Gasteiger partial charge >= 0.3 is 6.18 Å². The minimum absolute atomic E-state index is 0.142. The lowest BCUT2D eigenvalue weighted by Gasteiger charge is -2.09. The second-order valence-electron chi connectivity index (χ2n) is 3.31. The number of amidine groups is 1. The number of nitrogens with two attached hydrogens (primary N) is 1. The molecule has 0 unspecified atom stereocenters. The molecule has 0 saturated carbocycles. The third kappa shape index (κ3) is 3.53. The van der Waals surface area contributed by atoms with Crippen LogP contribution in [-0.2, 0) is 6.18 Å². The Hall–Kier alpha value is -1.90. The van der Waals surface area contributed by atoms with Crippen LogP contribution in [0.3, 0.4) is 0 Å². The van der Waals surface area contributed by atoms with Crippen LogP contribution in [0.2, 0.25) is 0 Å². The molecule has 0 amide bonds. The Kier molecular flexibility index (Phi) is 4.30. The molecule has 10 heteroatoms. The van der Waals surface area contributed by atoms with Crippen LogP contribution in [-0.4, -0.2) is 16.6 Å². The molecule has 5 nitrogen and oxygen atoms in total. The van der Waals surface area contributed by atoms with Gasteiger partial charge in [0.1, 0.15) is 17.3 Å². The van der Waals surface area contributed by atoms with Gasteiger partial charge in [0.25, 0.3) is 5.69 Å². The van der Waals surface area contributed by atoms with Crippen LogP contribution in [0.15, 0.2) is 17.1 Å². The highest BCUT2D eigenvalue weighted by Gasteiger charge is 2.36. The standard InChI is InChI=1S/C9H6ClF4N3O2/c10-3-8(15)16-6-1-4(9(12,13)14)5(11)2-7(6)17(18)19/h1-2H,3H2,(H2,15,16). The molecular formula is C9H6ClF4N3O2. The first kappa shape index (κ1) is 15.2. The van der Waals surface area contributed by atoms with E-state index in [0.717, 1.165) is 0 Å². The van der Waals surface area contributed by atoms with E-state index >= 15 is 0 Å².